The Morgan fingerprint density at radius 3 is 2.89 bits per heavy atom. The molecular formula is C14H20N2O3. The normalized spacial score (nSPS) is 26.6. The molecule has 2 aliphatic rings. The van der Waals surface area contributed by atoms with Gasteiger partial charge in [-0.15, -0.1) is 0 Å². The Bertz CT molecular complexity index is 479. The number of ether oxygens (including phenoxy) is 2. The van der Waals surface area contributed by atoms with Gasteiger partial charge in [0.2, 0.25) is 0 Å². The fourth-order valence-electron chi connectivity index (χ4n) is 2.57. The van der Waals surface area contributed by atoms with Crippen LogP contribution in [0, 0.1) is 0 Å². The van der Waals surface area contributed by atoms with Crippen molar-refractivity contribution in [2.75, 3.05) is 12.3 Å². The minimum absolute atomic E-state index is 0.0423. The fourth-order valence-corrected chi connectivity index (χ4v) is 2.57. The van der Waals surface area contributed by atoms with Crippen LogP contribution in [0.1, 0.15) is 49.1 Å². The highest BCUT2D eigenvalue weighted by Gasteiger charge is 2.29. The predicted octanol–water partition coefficient (Wildman–Crippen LogP) is 2.13. The van der Waals surface area contributed by atoms with Gasteiger partial charge in [0.15, 0.2) is 0 Å². The van der Waals surface area contributed by atoms with Crippen LogP contribution in [-0.4, -0.2) is 29.4 Å². The number of nitrogens with two attached hydrogens (primary N) is 1. The second-order valence-electron chi connectivity index (χ2n) is 5.54. The summed E-state index contributed by atoms with van der Waals surface area (Å²) in [6, 6.07) is 2.11. The first-order valence-electron chi connectivity index (χ1n) is 6.93. The maximum absolute atomic E-state index is 12.1. The van der Waals surface area contributed by atoms with Gasteiger partial charge in [0.05, 0.1) is 17.9 Å². The number of nitrogens with zero attached hydrogens (tertiary/aromatic N) is 1. The van der Waals surface area contributed by atoms with Gasteiger partial charge in [-0.2, -0.15) is 0 Å². The highest BCUT2D eigenvalue weighted by atomic mass is 16.6. The Hall–Kier alpha value is -1.49. The van der Waals surface area contributed by atoms with Crippen molar-refractivity contribution in [3.8, 4) is 0 Å². The summed E-state index contributed by atoms with van der Waals surface area (Å²) < 4.78 is 12.9. The summed E-state index contributed by atoms with van der Waals surface area (Å²) in [6.07, 6.45) is 6.35. The van der Waals surface area contributed by atoms with E-state index in [1.165, 1.54) is 0 Å². The average Bonchev–Trinajstić information content (AvgIpc) is 3.03. The van der Waals surface area contributed by atoms with Crippen molar-refractivity contribution in [3.05, 3.63) is 18.0 Å². The molecule has 19 heavy (non-hydrogen) atoms. The molecule has 0 amide bonds. The molecule has 1 saturated heterocycles. The first-order chi connectivity index (χ1) is 9.13. The average molecular weight is 264 g/mol. The Kier molecular flexibility index (Phi) is 3.22. The lowest BCUT2D eigenvalue weighted by molar-refractivity contribution is -0.00326. The molecule has 1 aromatic rings. The van der Waals surface area contributed by atoms with E-state index in [-0.39, 0.29) is 18.2 Å². The summed E-state index contributed by atoms with van der Waals surface area (Å²) in [4.78, 5) is 12.1. The van der Waals surface area contributed by atoms with Crippen LogP contribution in [0.25, 0.3) is 0 Å². The van der Waals surface area contributed by atoms with E-state index in [0.717, 1.165) is 25.7 Å². The van der Waals surface area contributed by atoms with E-state index < -0.39 is 0 Å². The van der Waals surface area contributed by atoms with Crippen molar-refractivity contribution in [2.24, 2.45) is 0 Å². The van der Waals surface area contributed by atoms with Gasteiger partial charge in [0.1, 0.15) is 12.3 Å². The smallest absolute Gasteiger partial charge is 0.355 e. The molecule has 0 spiro atoms. The van der Waals surface area contributed by atoms with Gasteiger partial charge in [-0.1, -0.05) is 0 Å². The van der Waals surface area contributed by atoms with Gasteiger partial charge < -0.3 is 19.8 Å². The highest BCUT2D eigenvalue weighted by molar-refractivity contribution is 5.89. The molecular weight excluding hydrogens is 244 g/mol. The summed E-state index contributed by atoms with van der Waals surface area (Å²) in [5.74, 6) is -0.299. The van der Waals surface area contributed by atoms with Gasteiger partial charge in [0.25, 0.3) is 0 Å². The van der Waals surface area contributed by atoms with Gasteiger partial charge in [-0.25, -0.2) is 4.79 Å². The second kappa shape index (κ2) is 4.89. The van der Waals surface area contributed by atoms with Crippen LogP contribution >= 0.6 is 0 Å². The minimum Gasteiger partial charge on any atom is -0.458 e. The van der Waals surface area contributed by atoms with Crippen molar-refractivity contribution < 1.29 is 14.3 Å². The van der Waals surface area contributed by atoms with E-state index in [2.05, 4.69) is 0 Å². The van der Waals surface area contributed by atoms with E-state index in [9.17, 15) is 4.79 Å². The molecule has 5 heteroatoms. The number of nitrogen functional groups attached to an aromatic ring is 1. The van der Waals surface area contributed by atoms with Gasteiger partial charge >= 0.3 is 5.97 Å². The van der Waals surface area contributed by atoms with E-state index in [4.69, 9.17) is 15.2 Å². The Morgan fingerprint density at radius 2 is 2.26 bits per heavy atom. The molecule has 2 heterocycles. The Labute approximate surface area is 112 Å². The molecule has 0 bridgehead atoms. The number of hydrogen-bond acceptors (Lipinski definition) is 4. The summed E-state index contributed by atoms with van der Waals surface area (Å²) in [5, 5.41) is 0. The first kappa shape index (κ1) is 12.5. The number of esters is 1. The molecule has 0 aromatic carbocycles. The second-order valence-corrected chi connectivity index (χ2v) is 5.54. The number of aromatic nitrogens is 1. The van der Waals surface area contributed by atoms with Crippen LogP contribution in [-0.2, 0) is 9.47 Å². The standard InChI is InChI=1S/C14H20N2O3/c1-9-2-5-12(19-9)8-18-14(17)13-6-10(15)7-16(13)11-3-4-11/h6-7,9,11-12H,2-5,8,15H2,1H3. The minimum atomic E-state index is -0.299. The van der Waals surface area contributed by atoms with E-state index >= 15 is 0 Å². The van der Waals surface area contributed by atoms with Gasteiger partial charge in [-0.3, -0.25) is 0 Å². The zero-order valence-corrected chi connectivity index (χ0v) is 11.2. The van der Waals surface area contributed by atoms with E-state index in [1.54, 1.807) is 6.07 Å². The molecule has 1 aliphatic carbocycles. The largest absolute Gasteiger partial charge is 0.458 e. The Balaban J connectivity index is 1.60. The molecule has 2 N–H and O–H groups in total. The van der Waals surface area contributed by atoms with Crippen LogP contribution in [0.3, 0.4) is 0 Å². The predicted molar refractivity (Wildman–Crippen MR) is 71.0 cm³/mol. The quantitative estimate of drug-likeness (QED) is 0.846. The van der Waals surface area contributed by atoms with Crippen molar-refractivity contribution in [3.63, 3.8) is 0 Å². The number of rotatable bonds is 4. The molecule has 1 saturated carbocycles. The molecule has 2 fully saturated rings. The molecule has 3 rings (SSSR count). The maximum atomic E-state index is 12.1. The van der Waals surface area contributed by atoms with Crippen LogP contribution < -0.4 is 5.73 Å². The van der Waals surface area contributed by atoms with Crippen LogP contribution in [0.2, 0.25) is 0 Å². The number of carbonyl (C=O) groups is 1. The maximum Gasteiger partial charge on any atom is 0.355 e. The molecule has 1 aromatic heterocycles. The van der Waals surface area contributed by atoms with E-state index in [1.807, 2.05) is 17.7 Å². The van der Waals surface area contributed by atoms with Crippen molar-refractivity contribution in [1.82, 2.24) is 4.57 Å². The fraction of sp³-hybridized carbons (Fsp3) is 0.643. The van der Waals surface area contributed by atoms with Crippen molar-refractivity contribution in [2.45, 2.75) is 50.9 Å². The monoisotopic (exact) mass is 264 g/mol. The molecule has 104 valence electrons. The van der Waals surface area contributed by atoms with Crippen molar-refractivity contribution >= 4 is 11.7 Å². The third-order valence-corrected chi connectivity index (χ3v) is 3.74. The topological polar surface area (TPSA) is 66.5 Å². The molecule has 0 radical (unpaired) electrons. The summed E-state index contributed by atoms with van der Waals surface area (Å²) in [5.41, 5.74) is 6.94. The zero-order valence-electron chi connectivity index (χ0n) is 11.2. The lowest BCUT2D eigenvalue weighted by atomic mass is 10.2. The van der Waals surface area contributed by atoms with Crippen molar-refractivity contribution in [1.29, 1.82) is 0 Å². The third kappa shape index (κ3) is 2.76. The SMILES string of the molecule is CC1CCC(COC(=O)c2cc(N)cn2C2CC2)O1. The summed E-state index contributed by atoms with van der Waals surface area (Å²) in [7, 11) is 0. The van der Waals surface area contributed by atoms with E-state index in [0.29, 0.717) is 24.0 Å². The lowest BCUT2D eigenvalue weighted by Gasteiger charge is -2.12. The summed E-state index contributed by atoms with van der Waals surface area (Å²) in [6.45, 7) is 2.37. The number of anilines is 1. The molecule has 2 unspecified atom stereocenters. The third-order valence-electron chi connectivity index (χ3n) is 3.74. The number of hydrogen-bond donors (Lipinski definition) is 1. The van der Waals surface area contributed by atoms with Crippen LogP contribution in [0.15, 0.2) is 12.3 Å². The Morgan fingerprint density at radius 1 is 1.47 bits per heavy atom. The zero-order chi connectivity index (χ0) is 13.4. The van der Waals surface area contributed by atoms with Gasteiger partial charge in [-0.05, 0) is 38.7 Å². The summed E-state index contributed by atoms with van der Waals surface area (Å²) >= 11 is 0. The van der Waals surface area contributed by atoms with Crippen LogP contribution in [0.4, 0.5) is 5.69 Å². The first-order valence-corrected chi connectivity index (χ1v) is 6.93. The molecule has 2 atom stereocenters. The van der Waals surface area contributed by atoms with Crippen LogP contribution in [0.5, 0.6) is 0 Å². The highest BCUT2D eigenvalue weighted by Crippen LogP contribution is 2.37. The molecule has 1 aliphatic heterocycles. The number of carbonyl (C=O) groups excluding carboxylic acids is 1. The van der Waals surface area contributed by atoms with Gasteiger partial charge in [0, 0.05) is 12.2 Å². The lowest BCUT2D eigenvalue weighted by Crippen LogP contribution is -2.20. The molecule has 5 nitrogen and oxygen atoms in total.